The van der Waals surface area contributed by atoms with Crippen molar-refractivity contribution in [2.24, 2.45) is 10.2 Å². The lowest BCUT2D eigenvalue weighted by Gasteiger charge is -2.02. The van der Waals surface area contributed by atoms with Crippen LogP contribution in [0.2, 0.25) is 0 Å². The molecule has 8 heteroatoms. The summed E-state index contributed by atoms with van der Waals surface area (Å²) in [7, 11) is -4.02. The zero-order chi connectivity index (χ0) is 17.4. The highest BCUT2D eigenvalue weighted by Crippen LogP contribution is 2.34. The van der Waals surface area contributed by atoms with E-state index < -0.39 is 7.60 Å². The Balaban J connectivity index is 1.89. The van der Waals surface area contributed by atoms with Gasteiger partial charge in [-0.1, -0.05) is 31.9 Å². The molecule has 2 rings (SSSR count). The minimum atomic E-state index is -4.02. The van der Waals surface area contributed by atoms with Crippen molar-refractivity contribution in [2.75, 3.05) is 6.16 Å². The SMILES string of the molecule is CCCCCc1ccc(N=Nc2cnn(CCP(=O)(O)O)c2)cc1. The van der Waals surface area contributed by atoms with Crippen LogP contribution in [0.3, 0.4) is 0 Å². The molecular formula is C16H23N4O3P. The van der Waals surface area contributed by atoms with Crippen LogP contribution < -0.4 is 0 Å². The quantitative estimate of drug-likeness (QED) is 0.402. The Morgan fingerprint density at radius 3 is 2.50 bits per heavy atom. The highest BCUT2D eigenvalue weighted by atomic mass is 31.2. The molecule has 24 heavy (non-hydrogen) atoms. The Morgan fingerprint density at radius 2 is 1.83 bits per heavy atom. The molecule has 0 atom stereocenters. The van der Waals surface area contributed by atoms with Gasteiger partial charge in [-0.05, 0) is 30.5 Å². The number of azo groups is 1. The maximum Gasteiger partial charge on any atom is 0.327 e. The molecule has 0 aliphatic heterocycles. The van der Waals surface area contributed by atoms with Crippen molar-refractivity contribution in [3.8, 4) is 0 Å². The van der Waals surface area contributed by atoms with Gasteiger partial charge in [-0.25, -0.2) is 0 Å². The molecule has 0 saturated heterocycles. The van der Waals surface area contributed by atoms with Crippen LogP contribution in [0, 0.1) is 0 Å². The standard InChI is InChI=1S/C16H23N4O3P/c1-2-3-4-5-14-6-8-15(9-7-14)18-19-16-12-17-20(13-16)10-11-24(21,22)23/h6-9,12-13H,2-5,10-11H2,1H3,(H2,21,22,23). The van der Waals surface area contributed by atoms with Gasteiger partial charge >= 0.3 is 7.60 Å². The number of benzene rings is 1. The number of aromatic nitrogens is 2. The van der Waals surface area contributed by atoms with Crippen LogP contribution in [-0.4, -0.2) is 25.7 Å². The predicted molar refractivity (Wildman–Crippen MR) is 93.0 cm³/mol. The first-order chi connectivity index (χ1) is 11.5. The van der Waals surface area contributed by atoms with Crippen LogP contribution in [0.5, 0.6) is 0 Å². The minimum absolute atomic E-state index is 0.145. The van der Waals surface area contributed by atoms with Gasteiger partial charge in [0.25, 0.3) is 0 Å². The highest BCUT2D eigenvalue weighted by molar-refractivity contribution is 7.51. The van der Waals surface area contributed by atoms with Gasteiger partial charge < -0.3 is 9.79 Å². The van der Waals surface area contributed by atoms with E-state index in [1.54, 1.807) is 6.20 Å². The maximum atomic E-state index is 10.8. The summed E-state index contributed by atoms with van der Waals surface area (Å²) in [5.41, 5.74) is 2.61. The van der Waals surface area contributed by atoms with Crippen LogP contribution in [0.25, 0.3) is 0 Å². The summed E-state index contributed by atoms with van der Waals surface area (Å²) in [5, 5.41) is 12.3. The zero-order valence-corrected chi connectivity index (χ0v) is 14.6. The lowest BCUT2D eigenvalue weighted by molar-refractivity contribution is 0.368. The van der Waals surface area contributed by atoms with Crippen LogP contribution in [-0.2, 0) is 17.5 Å². The van der Waals surface area contributed by atoms with Gasteiger partial charge in [0, 0.05) is 0 Å². The van der Waals surface area contributed by atoms with Gasteiger partial charge in [0.05, 0.1) is 30.8 Å². The Bertz CT molecular complexity index is 706. The summed E-state index contributed by atoms with van der Waals surface area (Å²) in [6, 6.07) is 7.99. The molecule has 1 aromatic heterocycles. The van der Waals surface area contributed by atoms with E-state index in [2.05, 4.69) is 34.4 Å². The summed E-state index contributed by atoms with van der Waals surface area (Å²) < 4.78 is 12.3. The third-order valence-electron chi connectivity index (χ3n) is 3.53. The second-order valence-electron chi connectivity index (χ2n) is 5.67. The summed E-state index contributed by atoms with van der Waals surface area (Å²) >= 11 is 0. The molecule has 0 aliphatic carbocycles. The molecule has 0 saturated carbocycles. The Hall–Kier alpha value is -1.82. The fraction of sp³-hybridized carbons (Fsp3) is 0.438. The van der Waals surface area contributed by atoms with Crippen molar-refractivity contribution < 1.29 is 14.4 Å². The van der Waals surface area contributed by atoms with Crippen molar-refractivity contribution >= 4 is 19.0 Å². The van der Waals surface area contributed by atoms with Crippen LogP contribution in [0.1, 0.15) is 31.7 Å². The first kappa shape index (κ1) is 18.5. The zero-order valence-electron chi connectivity index (χ0n) is 13.7. The average Bonchev–Trinajstić information content (AvgIpc) is 3.00. The third-order valence-corrected chi connectivity index (χ3v) is 4.31. The van der Waals surface area contributed by atoms with Crippen molar-refractivity contribution in [1.29, 1.82) is 0 Å². The van der Waals surface area contributed by atoms with Gasteiger partial charge in [-0.15, -0.1) is 5.11 Å². The second-order valence-corrected chi connectivity index (χ2v) is 7.45. The maximum absolute atomic E-state index is 10.8. The van der Waals surface area contributed by atoms with Gasteiger partial charge in [0.1, 0.15) is 5.69 Å². The molecule has 130 valence electrons. The lowest BCUT2D eigenvalue weighted by atomic mass is 10.1. The molecule has 0 fully saturated rings. The highest BCUT2D eigenvalue weighted by Gasteiger charge is 2.12. The third kappa shape index (κ3) is 6.74. The number of hydrogen-bond donors (Lipinski definition) is 2. The van der Waals surface area contributed by atoms with Crippen molar-refractivity contribution in [2.45, 2.75) is 39.2 Å². The largest absolute Gasteiger partial charge is 0.327 e. The van der Waals surface area contributed by atoms with E-state index in [0.29, 0.717) is 5.69 Å². The molecule has 0 spiro atoms. The minimum Gasteiger partial charge on any atom is -0.324 e. The van der Waals surface area contributed by atoms with Gasteiger partial charge in [0.2, 0.25) is 0 Å². The molecule has 1 heterocycles. The van der Waals surface area contributed by atoms with E-state index in [0.717, 1.165) is 12.1 Å². The van der Waals surface area contributed by atoms with Crippen LogP contribution in [0.4, 0.5) is 11.4 Å². The number of rotatable bonds is 9. The van der Waals surface area contributed by atoms with Crippen molar-refractivity contribution in [3.05, 3.63) is 42.2 Å². The molecule has 1 aromatic carbocycles. The number of hydrogen-bond acceptors (Lipinski definition) is 4. The molecule has 0 bridgehead atoms. The smallest absolute Gasteiger partial charge is 0.324 e. The molecule has 2 aromatic rings. The number of unbranched alkanes of at least 4 members (excludes halogenated alkanes) is 2. The Morgan fingerprint density at radius 1 is 1.12 bits per heavy atom. The fourth-order valence-corrected chi connectivity index (χ4v) is 2.65. The first-order valence-electron chi connectivity index (χ1n) is 8.04. The molecule has 0 unspecified atom stereocenters. The summed E-state index contributed by atoms with van der Waals surface area (Å²) in [6.45, 7) is 2.34. The van der Waals surface area contributed by atoms with Crippen LogP contribution >= 0.6 is 7.60 Å². The Kier molecular flexibility index (Phi) is 6.85. The van der Waals surface area contributed by atoms with Crippen LogP contribution in [0.15, 0.2) is 46.9 Å². The number of nitrogens with zero attached hydrogens (tertiary/aromatic N) is 4. The topological polar surface area (TPSA) is 100 Å². The predicted octanol–water partition coefficient (Wildman–Crippen LogP) is 4.21. The lowest BCUT2D eigenvalue weighted by Crippen LogP contribution is -2.03. The fourth-order valence-electron chi connectivity index (χ4n) is 2.18. The van der Waals surface area contributed by atoms with Gasteiger partial charge in [-0.3, -0.25) is 9.25 Å². The normalized spacial score (nSPS) is 12.1. The van der Waals surface area contributed by atoms with E-state index >= 15 is 0 Å². The molecule has 0 radical (unpaired) electrons. The van der Waals surface area contributed by atoms with Gasteiger partial charge in [0.15, 0.2) is 0 Å². The van der Waals surface area contributed by atoms with E-state index in [1.165, 1.54) is 35.7 Å². The summed E-state index contributed by atoms with van der Waals surface area (Å²) in [5.74, 6) is 0. The molecular weight excluding hydrogens is 327 g/mol. The molecule has 0 amide bonds. The first-order valence-corrected chi connectivity index (χ1v) is 9.84. The molecule has 7 nitrogen and oxygen atoms in total. The van der Waals surface area contributed by atoms with E-state index in [-0.39, 0.29) is 12.7 Å². The molecule has 2 N–H and O–H groups in total. The van der Waals surface area contributed by atoms with E-state index in [9.17, 15) is 4.57 Å². The van der Waals surface area contributed by atoms with E-state index in [1.807, 2.05) is 12.1 Å². The van der Waals surface area contributed by atoms with Crippen molar-refractivity contribution in [3.63, 3.8) is 0 Å². The summed E-state index contributed by atoms with van der Waals surface area (Å²) in [4.78, 5) is 17.7. The Labute approximate surface area is 141 Å². The molecule has 0 aliphatic rings. The van der Waals surface area contributed by atoms with E-state index in [4.69, 9.17) is 9.79 Å². The van der Waals surface area contributed by atoms with Gasteiger partial charge in [-0.2, -0.15) is 10.2 Å². The summed E-state index contributed by atoms with van der Waals surface area (Å²) in [6.07, 6.45) is 7.62. The number of aryl methyl sites for hydroxylation is 2. The monoisotopic (exact) mass is 350 g/mol. The average molecular weight is 350 g/mol. The van der Waals surface area contributed by atoms with Crippen molar-refractivity contribution in [1.82, 2.24) is 9.78 Å². The second kappa shape index (κ2) is 8.87.